The maximum atomic E-state index is 12.6. The molecule has 2 aromatic rings. The highest BCUT2D eigenvalue weighted by Gasteiger charge is 2.32. The number of hydrogen-bond acceptors (Lipinski definition) is 3. The second-order valence-electron chi connectivity index (χ2n) is 6.15. The molecule has 8 heteroatoms. The predicted octanol–water partition coefficient (Wildman–Crippen LogP) is 4.65. The maximum absolute atomic E-state index is 12.6. The van der Waals surface area contributed by atoms with Crippen LogP contribution in [0.5, 0.6) is 0 Å². The molecule has 1 aliphatic heterocycles. The predicted molar refractivity (Wildman–Crippen MR) is 94.5 cm³/mol. The second kappa shape index (κ2) is 7.23. The highest BCUT2D eigenvalue weighted by Crippen LogP contribution is 2.29. The first-order valence-corrected chi connectivity index (χ1v) is 8.31. The number of nitrogens with zero attached hydrogens (tertiary/aromatic N) is 2. The van der Waals surface area contributed by atoms with Crippen LogP contribution in [0.4, 0.5) is 35.0 Å². The van der Waals surface area contributed by atoms with Gasteiger partial charge in [0.15, 0.2) is 0 Å². The van der Waals surface area contributed by atoms with Gasteiger partial charge in [0.2, 0.25) is 0 Å². The van der Waals surface area contributed by atoms with E-state index < -0.39 is 17.9 Å². The number of aromatic nitrogens is 1. The molecule has 0 unspecified atom stereocenters. The van der Waals surface area contributed by atoms with Crippen molar-refractivity contribution >= 4 is 23.1 Å². The minimum absolute atomic E-state index is 0.0980. The zero-order chi connectivity index (χ0) is 18.7. The summed E-state index contributed by atoms with van der Waals surface area (Å²) < 4.78 is 37.9. The molecule has 1 aliphatic rings. The molecule has 0 saturated carbocycles. The van der Waals surface area contributed by atoms with E-state index in [1.807, 2.05) is 18.2 Å². The number of rotatable bonds is 3. The third-order valence-corrected chi connectivity index (χ3v) is 4.20. The first-order valence-electron chi connectivity index (χ1n) is 8.31. The third-order valence-electron chi connectivity index (χ3n) is 4.20. The fourth-order valence-electron chi connectivity index (χ4n) is 2.89. The summed E-state index contributed by atoms with van der Waals surface area (Å²) >= 11 is 0. The smallest absolute Gasteiger partial charge is 0.371 e. The minimum atomic E-state index is -4.51. The van der Waals surface area contributed by atoms with Crippen LogP contribution < -0.4 is 15.5 Å². The third kappa shape index (κ3) is 4.25. The molecule has 138 valence electrons. The van der Waals surface area contributed by atoms with Crippen molar-refractivity contribution < 1.29 is 18.0 Å². The minimum Gasteiger partial charge on any atom is -0.371 e. The van der Waals surface area contributed by atoms with Crippen LogP contribution in [0.2, 0.25) is 0 Å². The van der Waals surface area contributed by atoms with Gasteiger partial charge in [0.25, 0.3) is 0 Å². The van der Waals surface area contributed by atoms with E-state index in [0.29, 0.717) is 5.69 Å². The Morgan fingerprint density at radius 2 is 1.85 bits per heavy atom. The Labute approximate surface area is 149 Å². The van der Waals surface area contributed by atoms with Crippen molar-refractivity contribution in [3.05, 3.63) is 47.8 Å². The number of nitrogens with one attached hydrogen (secondary N) is 2. The number of urea groups is 1. The lowest BCUT2D eigenvalue weighted by Crippen LogP contribution is -2.21. The highest BCUT2D eigenvalue weighted by atomic mass is 19.4. The Morgan fingerprint density at radius 3 is 2.50 bits per heavy atom. The molecule has 5 nitrogen and oxygen atoms in total. The summed E-state index contributed by atoms with van der Waals surface area (Å²) in [5.74, 6) is 0. The molecule has 2 N–H and O–H groups in total. The molecule has 2 amide bonds. The molecule has 1 aromatic heterocycles. The molecule has 0 radical (unpaired) electrons. The fraction of sp³-hybridized carbons (Fsp3) is 0.333. The SMILES string of the molecule is Cc1nc(C(F)(F)F)ccc1NC(=O)Nc1cccc(N2CCCC2)c1. The first kappa shape index (κ1) is 18.0. The Balaban J connectivity index is 1.67. The zero-order valence-electron chi connectivity index (χ0n) is 14.2. The topological polar surface area (TPSA) is 57.3 Å². The number of benzene rings is 1. The zero-order valence-corrected chi connectivity index (χ0v) is 14.2. The van der Waals surface area contributed by atoms with Gasteiger partial charge in [-0.3, -0.25) is 0 Å². The van der Waals surface area contributed by atoms with Crippen LogP contribution in [-0.2, 0) is 6.18 Å². The van der Waals surface area contributed by atoms with Crippen LogP contribution in [0.15, 0.2) is 36.4 Å². The average molecular weight is 364 g/mol. The van der Waals surface area contributed by atoms with E-state index >= 15 is 0 Å². The average Bonchev–Trinajstić information content (AvgIpc) is 3.10. The van der Waals surface area contributed by atoms with Crippen molar-refractivity contribution in [2.75, 3.05) is 28.6 Å². The van der Waals surface area contributed by atoms with Gasteiger partial charge >= 0.3 is 12.2 Å². The van der Waals surface area contributed by atoms with Gasteiger partial charge in [-0.25, -0.2) is 9.78 Å². The lowest BCUT2D eigenvalue weighted by atomic mass is 10.2. The standard InChI is InChI=1S/C18H19F3N4O/c1-12-15(7-8-16(22-12)18(19,20)21)24-17(26)23-13-5-4-6-14(11-13)25-9-2-3-10-25/h4-8,11H,2-3,9-10H2,1H3,(H2,23,24,26). The normalized spacial score (nSPS) is 14.4. The lowest BCUT2D eigenvalue weighted by Gasteiger charge is -2.18. The number of hydrogen-bond donors (Lipinski definition) is 2. The number of aryl methyl sites for hydroxylation is 1. The van der Waals surface area contributed by atoms with Gasteiger partial charge in [-0.2, -0.15) is 13.2 Å². The van der Waals surface area contributed by atoms with E-state index in [1.54, 1.807) is 6.07 Å². The molecule has 1 aromatic carbocycles. The molecule has 0 aliphatic carbocycles. The lowest BCUT2D eigenvalue weighted by molar-refractivity contribution is -0.141. The Kier molecular flexibility index (Phi) is 5.01. The van der Waals surface area contributed by atoms with Gasteiger partial charge in [0.05, 0.1) is 11.4 Å². The summed E-state index contributed by atoms with van der Waals surface area (Å²) in [6, 6.07) is 8.99. The Hall–Kier alpha value is -2.77. The van der Waals surface area contributed by atoms with Crippen molar-refractivity contribution in [1.82, 2.24) is 4.98 Å². The van der Waals surface area contributed by atoms with E-state index in [1.165, 1.54) is 13.0 Å². The molecule has 0 bridgehead atoms. The summed E-state index contributed by atoms with van der Waals surface area (Å²) in [7, 11) is 0. The van der Waals surface area contributed by atoms with E-state index in [2.05, 4.69) is 20.5 Å². The highest BCUT2D eigenvalue weighted by molar-refractivity contribution is 6.00. The van der Waals surface area contributed by atoms with Gasteiger partial charge in [0.1, 0.15) is 5.69 Å². The number of halogens is 3. The number of pyridine rings is 1. The quantitative estimate of drug-likeness (QED) is 0.833. The van der Waals surface area contributed by atoms with Crippen LogP contribution in [0.25, 0.3) is 0 Å². The monoisotopic (exact) mass is 364 g/mol. The molecule has 0 atom stereocenters. The molecule has 2 heterocycles. The van der Waals surface area contributed by atoms with Crippen molar-refractivity contribution in [2.45, 2.75) is 25.9 Å². The van der Waals surface area contributed by atoms with E-state index in [0.717, 1.165) is 37.7 Å². The van der Waals surface area contributed by atoms with Crippen molar-refractivity contribution in [1.29, 1.82) is 0 Å². The van der Waals surface area contributed by atoms with E-state index in [9.17, 15) is 18.0 Å². The van der Waals surface area contributed by atoms with Gasteiger partial charge in [0, 0.05) is 24.5 Å². The summed E-state index contributed by atoms with van der Waals surface area (Å²) in [4.78, 5) is 17.9. The number of amides is 2. The van der Waals surface area contributed by atoms with E-state index in [-0.39, 0.29) is 11.4 Å². The van der Waals surface area contributed by atoms with Crippen LogP contribution >= 0.6 is 0 Å². The van der Waals surface area contributed by atoms with Crippen LogP contribution in [0.1, 0.15) is 24.2 Å². The molecular formula is C18H19F3N4O. The summed E-state index contributed by atoms with van der Waals surface area (Å²) in [5.41, 5.74) is 0.989. The second-order valence-corrected chi connectivity index (χ2v) is 6.15. The van der Waals surface area contributed by atoms with Crippen molar-refractivity contribution in [3.8, 4) is 0 Å². The molecule has 3 rings (SSSR count). The summed E-state index contributed by atoms with van der Waals surface area (Å²) in [6.45, 7) is 3.40. The van der Waals surface area contributed by atoms with E-state index in [4.69, 9.17) is 0 Å². The fourth-order valence-corrected chi connectivity index (χ4v) is 2.89. The summed E-state index contributed by atoms with van der Waals surface area (Å²) in [6.07, 6.45) is -2.21. The van der Waals surface area contributed by atoms with Crippen LogP contribution in [0, 0.1) is 6.92 Å². The number of carbonyl (C=O) groups is 1. The molecule has 1 fully saturated rings. The van der Waals surface area contributed by atoms with Crippen molar-refractivity contribution in [3.63, 3.8) is 0 Å². The van der Waals surface area contributed by atoms with Gasteiger partial charge in [-0.15, -0.1) is 0 Å². The molecule has 0 spiro atoms. The Bertz CT molecular complexity index is 801. The van der Waals surface area contributed by atoms with Gasteiger partial charge in [-0.05, 0) is 50.1 Å². The number of alkyl halides is 3. The largest absolute Gasteiger partial charge is 0.433 e. The molecular weight excluding hydrogens is 345 g/mol. The Morgan fingerprint density at radius 1 is 1.12 bits per heavy atom. The van der Waals surface area contributed by atoms with Crippen molar-refractivity contribution in [2.24, 2.45) is 0 Å². The van der Waals surface area contributed by atoms with Crippen LogP contribution in [-0.4, -0.2) is 24.1 Å². The number of carbonyl (C=O) groups excluding carboxylic acids is 1. The first-order chi connectivity index (χ1) is 12.3. The maximum Gasteiger partial charge on any atom is 0.433 e. The summed E-state index contributed by atoms with van der Waals surface area (Å²) in [5, 5.41) is 5.23. The van der Waals surface area contributed by atoms with Gasteiger partial charge < -0.3 is 15.5 Å². The molecule has 26 heavy (non-hydrogen) atoms. The van der Waals surface area contributed by atoms with Gasteiger partial charge in [-0.1, -0.05) is 6.07 Å². The molecule has 1 saturated heterocycles. The van der Waals surface area contributed by atoms with Crippen LogP contribution in [0.3, 0.4) is 0 Å². The number of anilines is 3.